The normalized spacial score (nSPS) is 10.4. The second-order valence-corrected chi connectivity index (χ2v) is 5.72. The van der Waals surface area contributed by atoms with Crippen LogP contribution in [0, 0.1) is 5.82 Å². The number of carbonyl (C=O) groups excluding carboxylic acids is 1. The van der Waals surface area contributed by atoms with E-state index in [0.29, 0.717) is 35.5 Å². The third-order valence-corrected chi connectivity index (χ3v) is 3.90. The van der Waals surface area contributed by atoms with Crippen LogP contribution in [0.4, 0.5) is 4.39 Å². The van der Waals surface area contributed by atoms with Crippen LogP contribution in [0.15, 0.2) is 53.4 Å². The minimum atomic E-state index is -0.330. The number of carbonyl (C=O) groups is 1. The number of hydrogen-bond acceptors (Lipinski definition) is 5. The number of ether oxygens (including phenoxy) is 2. The highest BCUT2D eigenvalue weighted by Gasteiger charge is 2.06. The summed E-state index contributed by atoms with van der Waals surface area (Å²) in [5, 5.41) is 1.89. The molecule has 0 aliphatic heterocycles. The van der Waals surface area contributed by atoms with Crippen molar-refractivity contribution in [2.75, 3.05) is 0 Å². The third-order valence-electron chi connectivity index (χ3n) is 3.26. The molecule has 0 N–H and O–H groups in total. The summed E-state index contributed by atoms with van der Waals surface area (Å²) in [5.74, 6) is 0.608. The van der Waals surface area contributed by atoms with Gasteiger partial charge in [-0.15, -0.1) is 11.3 Å². The maximum Gasteiger partial charge on any atom is 0.150 e. The van der Waals surface area contributed by atoms with Gasteiger partial charge in [-0.25, -0.2) is 9.37 Å². The SMILES string of the molecule is O=Cc1cc(OCc2cscn2)cc(OCc2ccccc2F)c1. The van der Waals surface area contributed by atoms with E-state index < -0.39 is 0 Å². The lowest BCUT2D eigenvalue weighted by molar-refractivity contribution is 0.112. The van der Waals surface area contributed by atoms with Crippen molar-refractivity contribution in [1.82, 2.24) is 4.98 Å². The standard InChI is InChI=1S/C18H14FNO3S/c19-18-4-2-1-3-14(18)9-22-16-5-13(8-21)6-17(7-16)23-10-15-11-24-12-20-15/h1-8,11-12H,9-10H2. The molecule has 0 fully saturated rings. The summed E-state index contributed by atoms with van der Waals surface area (Å²) in [6, 6.07) is 11.3. The van der Waals surface area contributed by atoms with Gasteiger partial charge in [0.2, 0.25) is 0 Å². The number of nitrogens with zero attached hydrogens (tertiary/aromatic N) is 1. The number of halogens is 1. The Morgan fingerprint density at radius 3 is 2.50 bits per heavy atom. The third kappa shape index (κ3) is 4.17. The zero-order valence-corrected chi connectivity index (χ0v) is 13.5. The van der Waals surface area contributed by atoms with Crippen LogP contribution in [0.25, 0.3) is 0 Å². The van der Waals surface area contributed by atoms with Crippen LogP contribution in [0.3, 0.4) is 0 Å². The van der Waals surface area contributed by atoms with Crippen molar-refractivity contribution in [1.29, 1.82) is 0 Å². The molecule has 0 radical (unpaired) electrons. The van der Waals surface area contributed by atoms with Gasteiger partial charge in [-0.3, -0.25) is 4.79 Å². The summed E-state index contributed by atoms with van der Waals surface area (Å²) in [5.41, 5.74) is 3.40. The van der Waals surface area contributed by atoms with E-state index in [2.05, 4.69) is 4.98 Å². The Kier molecular flexibility index (Phi) is 5.18. The summed E-state index contributed by atoms with van der Waals surface area (Å²) in [7, 11) is 0. The molecule has 1 heterocycles. The van der Waals surface area contributed by atoms with Crippen molar-refractivity contribution in [3.63, 3.8) is 0 Å². The van der Waals surface area contributed by atoms with Crippen LogP contribution >= 0.6 is 11.3 Å². The first kappa shape index (κ1) is 16.1. The monoisotopic (exact) mass is 343 g/mol. The van der Waals surface area contributed by atoms with Crippen LogP contribution in [-0.2, 0) is 13.2 Å². The van der Waals surface area contributed by atoms with E-state index in [0.717, 1.165) is 5.69 Å². The van der Waals surface area contributed by atoms with E-state index in [1.807, 2.05) is 5.38 Å². The molecule has 4 nitrogen and oxygen atoms in total. The second-order valence-electron chi connectivity index (χ2n) is 5.00. The predicted molar refractivity (Wildman–Crippen MR) is 89.0 cm³/mol. The minimum Gasteiger partial charge on any atom is -0.489 e. The van der Waals surface area contributed by atoms with E-state index in [1.54, 1.807) is 41.9 Å². The van der Waals surface area contributed by atoms with Gasteiger partial charge in [0.25, 0.3) is 0 Å². The molecule has 1 aromatic heterocycles. The Balaban J connectivity index is 1.71. The molecule has 6 heteroatoms. The Morgan fingerprint density at radius 1 is 1.08 bits per heavy atom. The highest BCUT2D eigenvalue weighted by molar-refractivity contribution is 7.07. The van der Waals surface area contributed by atoms with Gasteiger partial charge in [-0.2, -0.15) is 0 Å². The molecule has 0 aliphatic rings. The zero-order chi connectivity index (χ0) is 16.8. The summed E-state index contributed by atoms with van der Waals surface area (Å²) in [6.07, 6.45) is 0.714. The van der Waals surface area contributed by atoms with Crippen LogP contribution < -0.4 is 9.47 Å². The quantitative estimate of drug-likeness (QED) is 0.602. The highest BCUT2D eigenvalue weighted by atomic mass is 32.1. The second kappa shape index (κ2) is 7.70. The number of rotatable bonds is 7. The van der Waals surface area contributed by atoms with Gasteiger partial charge >= 0.3 is 0 Å². The zero-order valence-electron chi connectivity index (χ0n) is 12.6. The van der Waals surface area contributed by atoms with Crippen molar-refractivity contribution < 1.29 is 18.7 Å². The molecule has 0 bridgehead atoms. The molecule has 0 saturated carbocycles. The van der Waals surface area contributed by atoms with Gasteiger partial charge in [-0.1, -0.05) is 18.2 Å². The Hall–Kier alpha value is -2.73. The maximum absolute atomic E-state index is 13.6. The molecule has 0 unspecified atom stereocenters. The van der Waals surface area contributed by atoms with Crippen molar-refractivity contribution in [2.24, 2.45) is 0 Å². The molecular formula is C18H14FNO3S. The molecule has 122 valence electrons. The van der Waals surface area contributed by atoms with Gasteiger partial charge in [0.15, 0.2) is 0 Å². The number of thiazole rings is 1. The molecule has 0 amide bonds. The van der Waals surface area contributed by atoms with Crippen molar-refractivity contribution in [2.45, 2.75) is 13.2 Å². The fraction of sp³-hybridized carbons (Fsp3) is 0.111. The predicted octanol–water partition coefficient (Wildman–Crippen LogP) is 4.25. The van der Waals surface area contributed by atoms with Gasteiger partial charge in [0, 0.05) is 22.6 Å². The summed E-state index contributed by atoms with van der Waals surface area (Å²) in [4.78, 5) is 15.2. The molecule has 0 atom stereocenters. The molecule has 0 spiro atoms. The van der Waals surface area contributed by atoms with E-state index in [4.69, 9.17) is 9.47 Å². The Morgan fingerprint density at radius 2 is 1.83 bits per heavy atom. The molecule has 3 rings (SSSR count). The lowest BCUT2D eigenvalue weighted by Crippen LogP contribution is -2.00. The Bertz CT molecular complexity index is 821. The minimum absolute atomic E-state index is 0.0700. The summed E-state index contributed by atoms with van der Waals surface area (Å²) in [6.45, 7) is 0.374. The number of hydrogen-bond donors (Lipinski definition) is 0. The number of aldehydes is 1. The molecule has 24 heavy (non-hydrogen) atoms. The molecule has 0 saturated heterocycles. The fourth-order valence-electron chi connectivity index (χ4n) is 2.07. The van der Waals surface area contributed by atoms with E-state index in [9.17, 15) is 9.18 Å². The van der Waals surface area contributed by atoms with Gasteiger partial charge < -0.3 is 9.47 Å². The maximum atomic E-state index is 13.6. The van der Waals surface area contributed by atoms with Crippen LogP contribution in [-0.4, -0.2) is 11.3 Å². The highest BCUT2D eigenvalue weighted by Crippen LogP contribution is 2.24. The first-order valence-electron chi connectivity index (χ1n) is 7.21. The van der Waals surface area contributed by atoms with E-state index >= 15 is 0 Å². The average Bonchev–Trinajstić information content (AvgIpc) is 3.12. The first-order chi connectivity index (χ1) is 11.7. The average molecular weight is 343 g/mol. The first-order valence-corrected chi connectivity index (χ1v) is 8.15. The van der Waals surface area contributed by atoms with Crippen LogP contribution in [0.2, 0.25) is 0 Å². The largest absolute Gasteiger partial charge is 0.489 e. The van der Waals surface area contributed by atoms with E-state index in [1.165, 1.54) is 17.4 Å². The lowest BCUT2D eigenvalue weighted by Gasteiger charge is -2.11. The van der Waals surface area contributed by atoms with Crippen molar-refractivity contribution >= 4 is 17.6 Å². The lowest BCUT2D eigenvalue weighted by atomic mass is 10.2. The molecule has 3 aromatic rings. The molecule has 0 aliphatic carbocycles. The van der Waals surface area contributed by atoms with Gasteiger partial charge in [0.05, 0.1) is 11.2 Å². The number of benzene rings is 2. The molecular weight excluding hydrogens is 329 g/mol. The fourth-order valence-corrected chi connectivity index (χ4v) is 2.61. The molecule has 2 aromatic carbocycles. The van der Waals surface area contributed by atoms with Crippen LogP contribution in [0.5, 0.6) is 11.5 Å². The van der Waals surface area contributed by atoms with Crippen molar-refractivity contribution in [3.8, 4) is 11.5 Å². The number of aromatic nitrogens is 1. The van der Waals surface area contributed by atoms with Gasteiger partial charge in [-0.05, 0) is 18.2 Å². The summed E-state index contributed by atoms with van der Waals surface area (Å²) < 4.78 is 24.9. The van der Waals surface area contributed by atoms with E-state index in [-0.39, 0.29) is 12.4 Å². The van der Waals surface area contributed by atoms with Crippen LogP contribution in [0.1, 0.15) is 21.6 Å². The topological polar surface area (TPSA) is 48.4 Å². The Labute approximate surface area is 142 Å². The smallest absolute Gasteiger partial charge is 0.150 e. The van der Waals surface area contributed by atoms with Gasteiger partial charge in [0.1, 0.15) is 36.8 Å². The van der Waals surface area contributed by atoms with Crippen molar-refractivity contribution in [3.05, 3.63) is 76.0 Å². The summed E-state index contributed by atoms with van der Waals surface area (Å²) >= 11 is 1.49.